The zero-order valence-electron chi connectivity index (χ0n) is 13.2. The number of ether oxygens (including phenoxy) is 1. The van der Waals surface area contributed by atoms with E-state index in [9.17, 15) is 4.79 Å². The third-order valence-electron chi connectivity index (χ3n) is 3.63. The molecule has 0 amide bonds. The molecule has 0 aliphatic rings. The minimum Gasteiger partial charge on any atom is -0.468 e. The molecule has 0 aliphatic carbocycles. The van der Waals surface area contributed by atoms with Crippen molar-refractivity contribution >= 4 is 28.8 Å². The Morgan fingerprint density at radius 3 is 2.96 bits per heavy atom. The lowest BCUT2D eigenvalue weighted by atomic mass is 10.2. The molecule has 0 bridgehead atoms. The third kappa shape index (κ3) is 3.07. The Hall–Kier alpha value is -2.34. The lowest BCUT2D eigenvalue weighted by Crippen LogP contribution is -2.03. The smallest absolute Gasteiger partial charge is 0.315 e. The fraction of sp³-hybridized carbons (Fsp3) is 0.235. The van der Waals surface area contributed by atoms with Crippen molar-refractivity contribution in [2.75, 3.05) is 12.9 Å². The second-order valence-corrected chi connectivity index (χ2v) is 6.24. The maximum Gasteiger partial charge on any atom is 0.315 e. The van der Waals surface area contributed by atoms with Gasteiger partial charge in [-0.3, -0.25) is 9.78 Å². The van der Waals surface area contributed by atoms with Crippen LogP contribution in [0.25, 0.3) is 22.4 Å². The normalized spacial score (nSPS) is 10.9. The molecule has 0 aliphatic heterocycles. The van der Waals surface area contributed by atoms with Gasteiger partial charge in [0, 0.05) is 29.9 Å². The number of aryl methyl sites for hydroxylation is 2. The highest BCUT2D eigenvalue weighted by atomic mass is 32.2. The standard InChI is InChI=1S/C17H17N3O2S/c1-11-4-5-14-13(8-11)19-17(20(14)2)12-6-7-18-9-15(12)23-10-16(21)22-3/h4-9H,10H2,1-3H3. The number of nitrogens with zero attached hydrogens (tertiary/aromatic N) is 3. The monoisotopic (exact) mass is 327 g/mol. The van der Waals surface area contributed by atoms with Crippen molar-refractivity contribution < 1.29 is 9.53 Å². The van der Waals surface area contributed by atoms with Crippen LogP contribution in [0.1, 0.15) is 5.56 Å². The highest BCUT2D eigenvalue weighted by molar-refractivity contribution is 8.00. The first-order valence-corrected chi connectivity index (χ1v) is 8.16. The van der Waals surface area contributed by atoms with Gasteiger partial charge in [0.1, 0.15) is 5.82 Å². The minimum atomic E-state index is -0.259. The van der Waals surface area contributed by atoms with Crippen molar-refractivity contribution in [3.63, 3.8) is 0 Å². The number of methoxy groups -OCH3 is 1. The van der Waals surface area contributed by atoms with Crippen molar-refractivity contribution in [3.05, 3.63) is 42.2 Å². The van der Waals surface area contributed by atoms with E-state index in [1.54, 1.807) is 12.4 Å². The molecule has 0 N–H and O–H groups in total. The summed E-state index contributed by atoms with van der Waals surface area (Å²) in [5, 5.41) is 0. The van der Waals surface area contributed by atoms with Crippen LogP contribution in [0.5, 0.6) is 0 Å². The quantitative estimate of drug-likeness (QED) is 0.544. The van der Waals surface area contributed by atoms with Crippen LogP contribution < -0.4 is 0 Å². The number of aromatic nitrogens is 3. The van der Waals surface area contributed by atoms with Gasteiger partial charge in [-0.25, -0.2) is 4.98 Å². The highest BCUT2D eigenvalue weighted by Gasteiger charge is 2.15. The zero-order chi connectivity index (χ0) is 16.4. The largest absolute Gasteiger partial charge is 0.468 e. The molecule has 0 saturated carbocycles. The number of hydrogen-bond acceptors (Lipinski definition) is 5. The molecule has 0 saturated heterocycles. The topological polar surface area (TPSA) is 57.0 Å². The molecule has 3 aromatic rings. The summed E-state index contributed by atoms with van der Waals surface area (Å²) < 4.78 is 6.76. The van der Waals surface area contributed by atoms with Gasteiger partial charge in [0.05, 0.1) is 23.9 Å². The van der Waals surface area contributed by atoms with Crippen LogP contribution >= 0.6 is 11.8 Å². The molecule has 0 radical (unpaired) electrons. The van der Waals surface area contributed by atoms with Gasteiger partial charge >= 0.3 is 5.97 Å². The third-order valence-corrected chi connectivity index (χ3v) is 4.65. The molecular formula is C17H17N3O2S. The lowest BCUT2D eigenvalue weighted by Gasteiger charge is -2.08. The summed E-state index contributed by atoms with van der Waals surface area (Å²) in [6.45, 7) is 2.05. The van der Waals surface area contributed by atoms with E-state index in [4.69, 9.17) is 9.72 Å². The van der Waals surface area contributed by atoms with E-state index >= 15 is 0 Å². The van der Waals surface area contributed by atoms with Crippen molar-refractivity contribution in [1.82, 2.24) is 14.5 Å². The molecule has 6 heteroatoms. The first-order chi connectivity index (χ1) is 11.1. The average molecular weight is 327 g/mol. The summed E-state index contributed by atoms with van der Waals surface area (Å²) in [7, 11) is 3.38. The van der Waals surface area contributed by atoms with Crippen LogP contribution in [-0.2, 0) is 16.6 Å². The number of carbonyl (C=O) groups is 1. The minimum absolute atomic E-state index is 0.248. The summed E-state index contributed by atoms with van der Waals surface area (Å²) in [6.07, 6.45) is 3.50. The van der Waals surface area contributed by atoms with Gasteiger partial charge in [0.25, 0.3) is 0 Å². The SMILES string of the molecule is COC(=O)CSc1cnccc1-c1nc2cc(C)ccc2n1C. The van der Waals surface area contributed by atoms with Crippen LogP contribution in [0.4, 0.5) is 0 Å². The van der Waals surface area contributed by atoms with Crippen molar-refractivity contribution in [2.24, 2.45) is 7.05 Å². The molecule has 0 atom stereocenters. The van der Waals surface area contributed by atoms with Crippen LogP contribution in [0.2, 0.25) is 0 Å². The second kappa shape index (κ2) is 6.42. The van der Waals surface area contributed by atoms with Crippen LogP contribution in [-0.4, -0.2) is 33.4 Å². The summed E-state index contributed by atoms with van der Waals surface area (Å²) in [5.41, 5.74) is 4.18. The molecule has 0 unspecified atom stereocenters. The Morgan fingerprint density at radius 2 is 2.17 bits per heavy atom. The van der Waals surface area contributed by atoms with E-state index in [0.29, 0.717) is 0 Å². The van der Waals surface area contributed by atoms with E-state index in [0.717, 1.165) is 27.3 Å². The number of fused-ring (bicyclic) bond motifs is 1. The number of imidazole rings is 1. The molecule has 0 spiro atoms. The predicted octanol–water partition coefficient (Wildman–Crippen LogP) is 3.21. The van der Waals surface area contributed by atoms with Crippen molar-refractivity contribution in [1.29, 1.82) is 0 Å². The van der Waals surface area contributed by atoms with Gasteiger partial charge in [-0.1, -0.05) is 6.07 Å². The zero-order valence-corrected chi connectivity index (χ0v) is 14.1. The Labute approximate surface area is 138 Å². The first-order valence-electron chi connectivity index (χ1n) is 7.17. The van der Waals surface area contributed by atoms with Crippen LogP contribution in [0.15, 0.2) is 41.6 Å². The lowest BCUT2D eigenvalue weighted by molar-refractivity contribution is -0.137. The Morgan fingerprint density at radius 1 is 1.35 bits per heavy atom. The molecule has 2 heterocycles. The molecule has 0 fully saturated rings. The van der Waals surface area contributed by atoms with E-state index in [1.165, 1.54) is 24.4 Å². The Kier molecular flexibility index (Phi) is 4.34. The number of pyridine rings is 1. The number of carbonyl (C=O) groups excluding carboxylic acids is 1. The van der Waals surface area contributed by atoms with Crippen LogP contribution in [0.3, 0.4) is 0 Å². The van der Waals surface area contributed by atoms with Gasteiger partial charge < -0.3 is 9.30 Å². The molecule has 2 aromatic heterocycles. The number of benzene rings is 1. The van der Waals surface area contributed by atoms with Crippen molar-refractivity contribution in [2.45, 2.75) is 11.8 Å². The fourth-order valence-electron chi connectivity index (χ4n) is 2.43. The summed E-state index contributed by atoms with van der Waals surface area (Å²) in [5.74, 6) is 0.851. The maximum atomic E-state index is 11.4. The molecule has 118 valence electrons. The summed E-state index contributed by atoms with van der Waals surface area (Å²) >= 11 is 1.41. The van der Waals surface area contributed by atoms with Gasteiger partial charge in [-0.15, -0.1) is 11.8 Å². The number of hydrogen-bond donors (Lipinski definition) is 0. The van der Waals surface area contributed by atoms with Crippen LogP contribution in [0, 0.1) is 6.92 Å². The van der Waals surface area contributed by atoms with Gasteiger partial charge in [-0.05, 0) is 30.7 Å². The van der Waals surface area contributed by atoms with E-state index in [1.807, 2.05) is 13.1 Å². The Balaban J connectivity index is 2.05. The van der Waals surface area contributed by atoms with Crippen molar-refractivity contribution in [3.8, 4) is 11.4 Å². The molecule has 3 rings (SSSR count). The highest BCUT2D eigenvalue weighted by Crippen LogP contribution is 2.32. The Bertz CT molecular complexity index is 873. The van der Waals surface area contributed by atoms with E-state index in [-0.39, 0.29) is 11.7 Å². The molecule has 23 heavy (non-hydrogen) atoms. The number of thioether (sulfide) groups is 1. The number of esters is 1. The van der Waals surface area contributed by atoms with Gasteiger partial charge in [-0.2, -0.15) is 0 Å². The molecular weight excluding hydrogens is 310 g/mol. The maximum absolute atomic E-state index is 11.4. The van der Waals surface area contributed by atoms with E-state index in [2.05, 4.69) is 34.7 Å². The first kappa shape index (κ1) is 15.6. The average Bonchev–Trinajstić information content (AvgIpc) is 2.88. The predicted molar refractivity (Wildman–Crippen MR) is 91.4 cm³/mol. The molecule has 1 aromatic carbocycles. The summed E-state index contributed by atoms with van der Waals surface area (Å²) in [6, 6.07) is 8.14. The number of rotatable bonds is 4. The van der Waals surface area contributed by atoms with Gasteiger partial charge in [0.2, 0.25) is 0 Å². The molecule has 5 nitrogen and oxygen atoms in total. The summed E-state index contributed by atoms with van der Waals surface area (Å²) in [4.78, 5) is 21.2. The fourth-order valence-corrected chi connectivity index (χ4v) is 3.27. The van der Waals surface area contributed by atoms with E-state index < -0.39 is 0 Å². The van der Waals surface area contributed by atoms with Gasteiger partial charge in [0.15, 0.2) is 0 Å². The second-order valence-electron chi connectivity index (χ2n) is 5.22.